The van der Waals surface area contributed by atoms with Crippen LogP contribution in [-0.2, 0) is 0 Å². The Morgan fingerprint density at radius 3 is 2.57 bits per heavy atom. The third kappa shape index (κ3) is 4.28. The summed E-state index contributed by atoms with van der Waals surface area (Å²) in [6.07, 6.45) is 0. The molecule has 3 N–H and O–H groups in total. The van der Waals surface area contributed by atoms with Gasteiger partial charge in [0.1, 0.15) is 17.4 Å². The predicted octanol–water partition coefficient (Wildman–Crippen LogP) is 1.84. The van der Waals surface area contributed by atoms with Gasteiger partial charge in [-0.1, -0.05) is 0 Å². The van der Waals surface area contributed by atoms with Crippen molar-refractivity contribution < 1.29 is 9.13 Å². The van der Waals surface area contributed by atoms with E-state index in [1.807, 2.05) is 19.0 Å². The molecule has 0 amide bonds. The van der Waals surface area contributed by atoms with Crippen LogP contribution in [0, 0.1) is 5.82 Å². The molecule has 0 spiro atoms. The maximum atomic E-state index is 12.9. The molecule has 1 aromatic heterocycles. The van der Waals surface area contributed by atoms with E-state index >= 15 is 0 Å². The van der Waals surface area contributed by atoms with Crippen molar-refractivity contribution in [1.82, 2.24) is 9.97 Å². The van der Waals surface area contributed by atoms with Crippen molar-refractivity contribution in [2.45, 2.75) is 0 Å². The van der Waals surface area contributed by atoms with Gasteiger partial charge >= 0.3 is 0 Å². The molecule has 0 saturated carbocycles. The fourth-order valence-corrected chi connectivity index (χ4v) is 1.58. The van der Waals surface area contributed by atoms with Crippen LogP contribution in [0.25, 0.3) is 0 Å². The average Bonchev–Trinajstić information content (AvgIpc) is 2.47. The fourth-order valence-electron chi connectivity index (χ4n) is 1.58. The molecular weight excluding hydrogens is 273 g/mol. The van der Waals surface area contributed by atoms with E-state index < -0.39 is 0 Å². The van der Waals surface area contributed by atoms with Crippen molar-refractivity contribution in [1.29, 1.82) is 0 Å². The molecular formula is C14H18FN5O. The number of anilines is 2. The van der Waals surface area contributed by atoms with Gasteiger partial charge < -0.3 is 20.7 Å². The molecule has 0 atom stereocenters. The Kier molecular flexibility index (Phi) is 4.89. The summed E-state index contributed by atoms with van der Waals surface area (Å²) in [6, 6.07) is 7.45. The highest BCUT2D eigenvalue weighted by Gasteiger charge is 2.08. The van der Waals surface area contributed by atoms with Crippen LogP contribution in [0.15, 0.2) is 30.3 Å². The molecule has 7 heteroatoms. The second-order valence-corrected chi connectivity index (χ2v) is 4.55. The molecule has 0 bridgehead atoms. The predicted molar refractivity (Wildman–Crippen MR) is 80.4 cm³/mol. The summed E-state index contributed by atoms with van der Waals surface area (Å²) >= 11 is 0. The molecule has 0 fully saturated rings. The van der Waals surface area contributed by atoms with Gasteiger partial charge in [0.2, 0.25) is 11.8 Å². The molecule has 0 aliphatic carbocycles. The van der Waals surface area contributed by atoms with Crippen LogP contribution >= 0.6 is 0 Å². The van der Waals surface area contributed by atoms with Gasteiger partial charge in [-0.2, -0.15) is 9.97 Å². The zero-order valence-electron chi connectivity index (χ0n) is 12.0. The van der Waals surface area contributed by atoms with Crippen molar-refractivity contribution in [3.8, 4) is 11.6 Å². The second kappa shape index (κ2) is 6.85. The fraction of sp³-hybridized carbons (Fsp3) is 0.286. The number of aromatic nitrogens is 2. The highest BCUT2D eigenvalue weighted by molar-refractivity contribution is 5.46. The standard InChI is InChI=1S/C14H18FN5O/c1-20(2)12-9-13(19-14(18-12)17-8-7-16)21-11-5-3-10(15)4-6-11/h3-6,9H,7-8,16H2,1-2H3,(H,17,18,19). The zero-order chi connectivity index (χ0) is 15.2. The Morgan fingerprint density at radius 1 is 1.24 bits per heavy atom. The molecule has 21 heavy (non-hydrogen) atoms. The smallest absolute Gasteiger partial charge is 0.228 e. The molecule has 0 aliphatic rings. The first kappa shape index (κ1) is 15.0. The maximum Gasteiger partial charge on any atom is 0.228 e. The minimum absolute atomic E-state index is 0.315. The van der Waals surface area contributed by atoms with Crippen molar-refractivity contribution in [3.63, 3.8) is 0 Å². The van der Waals surface area contributed by atoms with E-state index in [0.29, 0.717) is 36.5 Å². The minimum atomic E-state index is -0.315. The Hall–Kier alpha value is -2.41. The van der Waals surface area contributed by atoms with Gasteiger partial charge in [-0.3, -0.25) is 0 Å². The highest BCUT2D eigenvalue weighted by atomic mass is 19.1. The summed E-state index contributed by atoms with van der Waals surface area (Å²) in [6.45, 7) is 1.04. The van der Waals surface area contributed by atoms with Crippen molar-refractivity contribution in [2.24, 2.45) is 5.73 Å². The van der Waals surface area contributed by atoms with E-state index in [2.05, 4.69) is 15.3 Å². The molecule has 0 saturated heterocycles. The van der Waals surface area contributed by atoms with Gasteiger partial charge in [0.25, 0.3) is 0 Å². The van der Waals surface area contributed by atoms with Crippen LogP contribution in [0.4, 0.5) is 16.2 Å². The Morgan fingerprint density at radius 2 is 1.95 bits per heavy atom. The third-order valence-corrected chi connectivity index (χ3v) is 2.61. The number of rotatable bonds is 6. The Labute approximate surface area is 122 Å². The lowest BCUT2D eigenvalue weighted by Gasteiger charge is -2.14. The van der Waals surface area contributed by atoms with E-state index in [1.54, 1.807) is 18.2 Å². The van der Waals surface area contributed by atoms with Gasteiger partial charge in [0, 0.05) is 33.3 Å². The lowest BCUT2D eigenvalue weighted by atomic mass is 10.3. The Bertz CT molecular complexity index is 588. The van der Waals surface area contributed by atoms with Gasteiger partial charge in [-0.15, -0.1) is 0 Å². The summed E-state index contributed by atoms with van der Waals surface area (Å²) in [5, 5.41) is 3.01. The van der Waals surface area contributed by atoms with Crippen molar-refractivity contribution in [3.05, 3.63) is 36.1 Å². The van der Waals surface area contributed by atoms with Gasteiger partial charge in [-0.25, -0.2) is 4.39 Å². The van der Waals surface area contributed by atoms with Crippen LogP contribution in [0.3, 0.4) is 0 Å². The number of hydrogen-bond donors (Lipinski definition) is 2. The van der Waals surface area contributed by atoms with Gasteiger partial charge in [0.05, 0.1) is 0 Å². The van der Waals surface area contributed by atoms with Crippen LogP contribution in [0.2, 0.25) is 0 Å². The average molecular weight is 291 g/mol. The molecule has 0 radical (unpaired) electrons. The quantitative estimate of drug-likeness (QED) is 0.846. The summed E-state index contributed by atoms with van der Waals surface area (Å²) < 4.78 is 18.5. The maximum absolute atomic E-state index is 12.9. The minimum Gasteiger partial charge on any atom is -0.439 e. The molecule has 1 heterocycles. The lowest BCUT2D eigenvalue weighted by Crippen LogP contribution is -2.17. The zero-order valence-corrected chi connectivity index (χ0v) is 12.0. The van der Waals surface area contributed by atoms with Crippen molar-refractivity contribution in [2.75, 3.05) is 37.4 Å². The van der Waals surface area contributed by atoms with Crippen LogP contribution < -0.4 is 20.7 Å². The van der Waals surface area contributed by atoms with Crippen molar-refractivity contribution >= 4 is 11.8 Å². The molecule has 1 aromatic carbocycles. The van der Waals surface area contributed by atoms with Gasteiger partial charge in [0.15, 0.2) is 0 Å². The number of nitrogens with two attached hydrogens (primary N) is 1. The summed E-state index contributed by atoms with van der Waals surface area (Å²) in [5.74, 6) is 1.69. The van der Waals surface area contributed by atoms with E-state index in [4.69, 9.17) is 10.5 Å². The normalized spacial score (nSPS) is 10.3. The van der Waals surface area contributed by atoms with Crippen LogP contribution in [-0.4, -0.2) is 37.2 Å². The SMILES string of the molecule is CN(C)c1cc(Oc2ccc(F)cc2)nc(NCCN)n1. The Balaban J connectivity index is 2.24. The van der Waals surface area contributed by atoms with E-state index in [9.17, 15) is 4.39 Å². The molecule has 2 aromatic rings. The van der Waals surface area contributed by atoms with E-state index in [0.717, 1.165) is 0 Å². The van der Waals surface area contributed by atoms with Crippen LogP contribution in [0.1, 0.15) is 0 Å². The first-order valence-corrected chi connectivity index (χ1v) is 6.52. The van der Waals surface area contributed by atoms with E-state index in [-0.39, 0.29) is 5.82 Å². The first-order chi connectivity index (χ1) is 10.1. The summed E-state index contributed by atoms with van der Waals surface area (Å²) in [7, 11) is 3.74. The largest absolute Gasteiger partial charge is 0.439 e. The topological polar surface area (TPSA) is 76.3 Å². The number of ether oxygens (including phenoxy) is 1. The molecule has 2 rings (SSSR count). The number of halogens is 1. The first-order valence-electron chi connectivity index (χ1n) is 6.52. The molecule has 6 nitrogen and oxygen atoms in total. The lowest BCUT2D eigenvalue weighted by molar-refractivity contribution is 0.460. The second-order valence-electron chi connectivity index (χ2n) is 4.55. The third-order valence-electron chi connectivity index (χ3n) is 2.61. The monoisotopic (exact) mass is 291 g/mol. The highest BCUT2D eigenvalue weighted by Crippen LogP contribution is 2.24. The van der Waals surface area contributed by atoms with E-state index in [1.165, 1.54) is 12.1 Å². The number of nitrogens with zero attached hydrogens (tertiary/aromatic N) is 3. The molecule has 112 valence electrons. The van der Waals surface area contributed by atoms with Gasteiger partial charge in [-0.05, 0) is 24.3 Å². The van der Waals surface area contributed by atoms with Crippen LogP contribution in [0.5, 0.6) is 11.6 Å². The number of hydrogen-bond acceptors (Lipinski definition) is 6. The summed E-state index contributed by atoms with van der Waals surface area (Å²) in [5.41, 5.74) is 5.45. The number of benzene rings is 1. The molecule has 0 unspecified atom stereocenters. The molecule has 0 aliphatic heterocycles. The summed E-state index contributed by atoms with van der Waals surface area (Å²) in [4.78, 5) is 10.4. The number of nitrogens with one attached hydrogen (secondary N) is 1.